The van der Waals surface area contributed by atoms with E-state index >= 15 is 0 Å². The van der Waals surface area contributed by atoms with Gasteiger partial charge in [0.15, 0.2) is 12.2 Å². The Bertz CT molecular complexity index is 2190. The number of carbonyl (C=O) groups excluding carboxylic acids is 4. The number of hydrogen-bond acceptors (Lipinski definition) is 15. The maximum atomic E-state index is 13.1. The van der Waals surface area contributed by atoms with Crippen LogP contribution in [0.1, 0.15) is 336 Å². The number of rotatable bonds is 73. The SMILES string of the molecule is CC/C=C\C/C=C\C/C=C\CCCCCCCCCC(=O)OCC(COP(=O)(O)OCC(O)COP(=O)(O)OCC(COC(=O)CCCCCCC/C=C\C/C=C\CCCCC)OC(=O)CCCCCCC/C=C\C/C=C\CCC)OC(=O)CCCCCCCCCCCCCCC. The van der Waals surface area contributed by atoms with Crippen LogP contribution in [0, 0.1) is 0 Å². The molecule has 19 heteroatoms. The number of unbranched alkanes of at least 4 members (excludes halogenated alkanes) is 33. The number of phosphoric ester groups is 2. The molecule has 0 radical (unpaired) electrons. The first-order valence-corrected chi connectivity index (χ1v) is 41.8. The molecule has 3 N–H and O–H groups in total. The van der Waals surface area contributed by atoms with E-state index in [4.69, 9.17) is 37.0 Å². The summed E-state index contributed by atoms with van der Waals surface area (Å²) in [5.74, 6) is -2.19. The molecule has 0 spiro atoms. The molecular formula is C79H140O17P2. The van der Waals surface area contributed by atoms with E-state index in [2.05, 4.69) is 113 Å². The summed E-state index contributed by atoms with van der Waals surface area (Å²) >= 11 is 0. The van der Waals surface area contributed by atoms with Crippen molar-refractivity contribution in [2.45, 2.75) is 354 Å². The summed E-state index contributed by atoms with van der Waals surface area (Å²) in [4.78, 5) is 72.9. The number of carbonyl (C=O) groups is 4. The molecule has 0 rings (SSSR count). The number of aliphatic hydroxyl groups is 1. The second kappa shape index (κ2) is 71.6. The van der Waals surface area contributed by atoms with E-state index in [-0.39, 0.29) is 25.7 Å². The normalized spacial score (nSPS) is 14.4. The number of esters is 4. The van der Waals surface area contributed by atoms with Crippen LogP contribution in [0.2, 0.25) is 0 Å². The minimum absolute atomic E-state index is 0.0772. The van der Waals surface area contributed by atoms with Gasteiger partial charge in [-0.3, -0.25) is 37.3 Å². The van der Waals surface area contributed by atoms with Crippen molar-refractivity contribution in [3.63, 3.8) is 0 Å². The predicted octanol–water partition coefficient (Wildman–Crippen LogP) is 22.2. The van der Waals surface area contributed by atoms with Crippen molar-refractivity contribution in [1.29, 1.82) is 0 Å². The van der Waals surface area contributed by atoms with Crippen LogP contribution in [-0.4, -0.2) is 96.7 Å². The average molecular weight is 1420 g/mol. The Morgan fingerprint density at radius 1 is 0.296 bits per heavy atom. The third-order valence-corrected chi connectivity index (χ3v) is 18.2. The van der Waals surface area contributed by atoms with E-state index in [9.17, 15) is 43.2 Å². The molecule has 0 aliphatic rings. The first kappa shape index (κ1) is 94.2. The molecule has 0 aliphatic heterocycles. The maximum Gasteiger partial charge on any atom is 0.472 e. The van der Waals surface area contributed by atoms with Gasteiger partial charge in [-0.05, 0) is 116 Å². The number of hydrogen-bond donors (Lipinski definition) is 3. The minimum Gasteiger partial charge on any atom is -0.462 e. The summed E-state index contributed by atoms with van der Waals surface area (Å²) in [5.41, 5.74) is 0. The molecule has 568 valence electrons. The fraction of sp³-hybridized carbons (Fsp3) is 0.772. The molecule has 5 atom stereocenters. The number of aliphatic hydroxyl groups excluding tert-OH is 1. The molecule has 0 bridgehead atoms. The predicted molar refractivity (Wildman–Crippen MR) is 399 cm³/mol. The van der Waals surface area contributed by atoms with E-state index in [1.54, 1.807) is 0 Å². The highest BCUT2D eigenvalue weighted by atomic mass is 31.2. The fourth-order valence-electron chi connectivity index (χ4n) is 10.4. The van der Waals surface area contributed by atoms with Gasteiger partial charge in [-0.25, -0.2) is 9.13 Å². The molecule has 0 heterocycles. The van der Waals surface area contributed by atoms with Gasteiger partial charge in [0.05, 0.1) is 26.4 Å². The standard InChI is InChI=1S/C79H140O17P2/c1-5-9-13-17-21-25-29-33-35-36-38-42-44-48-52-56-60-64-77(82)90-70-75(96-79(84)66-62-58-54-50-46-40-32-28-24-20-16-12-8-4)72-94-98(87,88)92-68-73(80)67-91-97(85,86)93-71-74(95-78(83)65-61-57-53-49-45-39-31-27-23-19-15-11-7-3)69-89-76(81)63-59-55-51-47-43-41-37-34-30-26-22-18-14-10-6-2/h9,13,15,19,21-22,25-27,31,33-35,37,73-75,80H,5-8,10-12,14,16-18,20,23-24,28-30,32,36,38-72H2,1-4H3,(H,85,86)(H,87,88)/b13-9-,19-15-,25-21-,26-22-,31-27-,35-33-,37-34-. The van der Waals surface area contributed by atoms with Crippen LogP contribution in [0.5, 0.6) is 0 Å². The summed E-state index contributed by atoms with van der Waals surface area (Å²) < 4.78 is 68.5. The molecule has 0 saturated heterocycles. The summed E-state index contributed by atoms with van der Waals surface area (Å²) in [6, 6.07) is 0. The van der Waals surface area contributed by atoms with Gasteiger partial charge in [-0.15, -0.1) is 0 Å². The van der Waals surface area contributed by atoms with Crippen molar-refractivity contribution in [2.75, 3.05) is 39.6 Å². The van der Waals surface area contributed by atoms with Gasteiger partial charge in [0.25, 0.3) is 0 Å². The average Bonchev–Trinajstić information content (AvgIpc) is 0.969. The summed E-state index contributed by atoms with van der Waals surface area (Å²) in [5, 5.41) is 10.6. The summed E-state index contributed by atoms with van der Waals surface area (Å²) in [6.07, 6.45) is 72.8. The molecule has 0 fully saturated rings. The topological polar surface area (TPSA) is 237 Å². The van der Waals surface area contributed by atoms with Crippen LogP contribution in [0.15, 0.2) is 85.1 Å². The molecule has 0 aromatic rings. The lowest BCUT2D eigenvalue weighted by atomic mass is 10.0. The third-order valence-electron chi connectivity index (χ3n) is 16.3. The largest absolute Gasteiger partial charge is 0.472 e. The van der Waals surface area contributed by atoms with E-state index < -0.39 is 97.5 Å². The number of allylic oxidation sites excluding steroid dienone is 14. The molecule has 98 heavy (non-hydrogen) atoms. The van der Waals surface area contributed by atoms with Crippen LogP contribution >= 0.6 is 15.6 Å². The zero-order valence-electron chi connectivity index (χ0n) is 62.0. The fourth-order valence-corrected chi connectivity index (χ4v) is 12.0. The van der Waals surface area contributed by atoms with Crippen molar-refractivity contribution in [1.82, 2.24) is 0 Å². The Balaban J connectivity index is 5.33. The monoisotopic (exact) mass is 1420 g/mol. The van der Waals surface area contributed by atoms with E-state index in [0.717, 1.165) is 186 Å². The zero-order chi connectivity index (χ0) is 71.8. The van der Waals surface area contributed by atoms with Crippen LogP contribution in [0.3, 0.4) is 0 Å². The maximum absolute atomic E-state index is 13.1. The molecular weight excluding hydrogens is 1280 g/mol. The van der Waals surface area contributed by atoms with Crippen LogP contribution < -0.4 is 0 Å². The first-order chi connectivity index (χ1) is 47.7. The second-order valence-corrected chi connectivity index (χ2v) is 28.8. The first-order valence-electron chi connectivity index (χ1n) is 38.8. The van der Waals surface area contributed by atoms with Gasteiger partial charge < -0.3 is 33.8 Å². The van der Waals surface area contributed by atoms with Crippen LogP contribution in [0.25, 0.3) is 0 Å². The van der Waals surface area contributed by atoms with Gasteiger partial charge in [0.2, 0.25) is 0 Å². The molecule has 0 aromatic heterocycles. The Kier molecular flexibility index (Phi) is 68.9. The van der Waals surface area contributed by atoms with E-state index in [1.165, 1.54) is 70.6 Å². The quantitative estimate of drug-likeness (QED) is 0.0169. The lowest BCUT2D eigenvalue weighted by Crippen LogP contribution is -2.30. The van der Waals surface area contributed by atoms with Gasteiger partial charge in [-0.2, -0.15) is 0 Å². The van der Waals surface area contributed by atoms with Gasteiger partial charge in [-0.1, -0.05) is 280 Å². The number of phosphoric acid groups is 2. The lowest BCUT2D eigenvalue weighted by molar-refractivity contribution is -0.161. The lowest BCUT2D eigenvalue weighted by Gasteiger charge is -2.21. The van der Waals surface area contributed by atoms with Crippen molar-refractivity contribution in [3.8, 4) is 0 Å². The smallest absolute Gasteiger partial charge is 0.462 e. The summed E-state index contributed by atoms with van der Waals surface area (Å²) in [7, 11) is -9.95. The van der Waals surface area contributed by atoms with E-state index in [1.807, 2.05) is 0 Å². The van der Waals surface area contributed by atoms with Crippen LogP contribution in [0.4, 0.5) is 0 Å². The highest BCUT2D eigenvalue weighted by molar-refractivity contribution is 7.47. The highest BCUT2D eigenvalue weighted by Crippen LogP contribution is 2.45. The third kappa shape index (κ3) is 70.7. The molecule has 17 nitrogen and oxygen atoms in total. The zero-order valence-corrected chi connectivity index (χ0v) is 63.7. The van der Waals surface area contributed by atoms with E-state index in [0.29, 0.717) is 25.7 Å². The molecule has 5 unspecified atom stereocenters. The Morgan fingerprint density at radius 3 is 0.878 bits per heavy atom. The van der Waals surface area contributed by atoms with Crippen molar-refractivity contribution < 1.29 is 80.2 Å². The molecule has 0 amide bonds. The second-order valence-electron chi connectivity index (χ2n) is 25.9. The van der Waals surface area contributed by atoms with Crippen molar-refractivity contribution >= 4 is 39.5 Å². The minimum atomic E-state index is -4.98. The molecule has 0 aromatic carbocycles. The number of ether oxygens (including phenoxy) is 4. The van der Waals surface area contributed by atoms with Crippen molar-refractivity contribution in [3.05, 3.63) is 85.1 Å². The van der Waals surface area contributed by atoms with Crippen molar-refractivity contribution in [2.24, 2.45) is 0 Å². The summed E-state index contributed by atoms with van der Waals surface area (Å²) in [6.45, 7) is 4.67. The van der Waals surface area contributed by atoms with Crippen LogP contribution in [-0.2, 0) is 65.4 Å². The Hall–Kier alpha value is -3.76. The van der Waals surface area contributed by atoms with Gasteiger partial charge in [0, 0.05) is 25.7 Å². The highest BCUT2D eigenvalue weighted by Gasteiger charge is 2.30. The molecule has 0 aliphatic carbocycles. The molecule has 0 saturated carbocycles. The van der Waals surface area contributed by atoms with Gasteiger partial charge >= 0.3 is 39.5 Å². The Labute approximate surface area is 595 Å². The Morgan fingerprint density at radius 2 is 0.551 bits per heavy atom. The van der Waals surface area contributed by atoms with Gasteiger partial charge in [0.1, 0.15) is 19.3 Å².